The molecular formula is C36H40ClN3O5S. The number of methoxy groups -OCH3 is 1. The van der Waals surface area contributed by atoms with Crippen LogP contribution in [0.3, 0.4) is 0 Å². The molecule has 4 aromatic carbocycles. The molecule has 0 heterocycles. The molecule has 0 spiro atoms. The van der Waals surface area contributed by atoms with Gasteiger partial charge in [0.25, 0.3) is 10.0 Å². The van der Waals surface area contributed by atoms with Gasteiger partial charge >= 0.3 is 0 Å². The molecule has 8 nitrogen and oxygen atoms in total. The average molecular weight is 662 g/mol. The first-order chi connectivity index (χ1) is 22.0. The molecule has 2 amide bonds. The Morgan fingerprint density at radius 1 is 0.891 bits per heavy atom. The summed E-state index contributed by atoms with van der Waals surface area (Å²) in [7, 11) is -2.67. The molecule has 1 N–H and O–H groups in total. The Morgan fingerprint density at radius 2 is 1.54 bits per heavy atom. The van der Waals surface area contributed by atoms with Gasteiger partial charge in [-0.05, 0) is 73.4 Å². The standard InChI is InChI=1S/C36H40ClN3O5S/c1-5-27(3)38-36(42)34(22-28-13-8-6-9-14-28)39(24-29-15-12-16-31(21-29)45-4)35(41)25-40(33-23-30(37)20-19-26(33)2)46(43,44)32-17-10-7-11-18-32/h6-21,23,27,34H,5,22,24-25H2,1-4H3,(H,38,42)/t27-,34+/m1/s1. The Balaban J connectivity index is 1.84. The molecule has 0 saturated heterocycles. The number of nitrogens with zero attached hydrogens (tertiary/aromatic N) is 2. The van der Waals surface area contributed by atoms with Crippen LogP contribution in [0.15, 0.2) is 108 Å². The van der Waals surface area contributed by atoms with Gasteiger partial charge in [0.2, 0.25) is 11.8 Å². The predicted molar refractivity (Wildman–Crippen MR) is 183 cm³/mol. The summed E-state index contributed by atoms with van der Waals surface area (Å²) in [4.78, 5) is 30.1. The Bertz CT molecular complexity index is 1740. The number of benzene rings is 4. The van der Waals surface area contributed by atoms with Crippen molar-refractivity contribution < 1.29 is 22.7 Å². The van der Waals surface area contributed by atoms with Crippen molar-refractivity contribution >= 4 is 39.1 Å². The molecule has 46 heavy (non-hydrogen) atoms. The molecule has 0 unspecified atom stereocenters. The van der Waals surface area contributed by atoms with Crippen LogP contribution < -0.4 is 14.4 Å². The highest BCUT2D eigenvalue weighted by atomic mass is 35.5. The number of nitrogens with one attached hydrogen (secondary N) is 1. The summed E-state index contributed by atoms with van der Waals surface area (Å²) in [5, 5.41) is 3.37. The van der Waals surface area contributed by atoms with Gasteiger partial charge in [0.15, 0.2) is 0 Å². The highest BCUT2D eigenvalue weighted by Crippen LogP contribution is 2.30. The second-order valence-corrected chi connectivity index (χ2v) is 13.5. The topological polar surface area (TPSA) is 96.0 Å². The largest absolute Gasteiger partial charge is 0.497 e. The Labute approximate surface area is 277 Å². The summed E-state index contributed by atoms with van der Waals surface area (Å²) < 4.78 is 34.9. The fourth-order valence-corrected chi connectivity index (χ4v) is 6.70. The quantitative estimate of drug-likeness (QED) is 0.169. The average Bonchev–Trinajstić information content (AvgIpc) is 3.07. The lowest BCUT2D eigenvalue weighted by Gasteiger charge is -2.34. The summed E-state index contributed by atoms with van der Waals surface area (Å²) in [6.07, 6.45) is 0.922. The fourth-order valence-electron chi connectivity index (χ4n) is 5.05. The third-order valence-corrected chi connectivity index (χ3v) is 9.82. The Hall–Kier alpha value is -4.34. The first kappa shape index (κ1) is 34.5. The maximum absolute atomic E-state index is 14.6. The molecule has 2 atom stereocenters. The van der Waals surface area contributed by atoms with Crippen LogP contribution in [-0.2, 0) is 32.6 Å². The number of hydrogen-bond donors (Lipinski definition) is 1. The van der Waals surface area contributed by atoms with E-state index in [0.717, 1.165) is 15.4 Å². The second-order valence-electron chi connectivity index (χ2n) is 11.2. The molecule has 0 aromatic heterocycles. The SMILES string of the molecule is CC[C@@H](C)NC(=O)[C@H](Cc1ccccc1)N(Cc1cccc(OC)c1)C(=O)CN(c1cc(Cl)ccc1C)S(=O)(=O)c1ccccc1. The minimum absolute atomic E-state index is 0.0249. The molecular weight excluding hydrogens is 622 g/mol. The highest BCUT2D eigenvalue weighted by molar-refractivity contribution is 7.92. The van der Waals surface area contributed by atoms with Crippen molar-refractivity contribution in [2.45, 2.75) is 57.1 Å². The van der Waals surface area contributed by atoms with Crippen LogP contribution in [0.25, 0.3) is 0 Å². The normalized spacial score (nSPS) is 12.5. The number of amides is 2. The van der Waals surface area contributed by atoms with Gasteiger partial charge in [-0.25, -0.2) is 8.42 Å². The zero-order chi connectivity index (χ0) is 33.3. The van der Waals surface area contributed by atoms with Crippen LogP contribution in [0, 0.1) is 6.92 Å². The molecule has 4 rings (SSSR count). The number of rotatable bonds is 14. The van der Waals surface area contributed by atoms with Crippen LogP contribution >= 0.6 is 11.6 Å². The van der Waals surface area contributed by atoms with Crippen molar-refractivity contribution in [1.82, 2.24) is 10.2 Å². The first-order valence-corrected chi connectivity index (χ1v) is 17.0. The lowest BCUT2D eigenvalue weighted by molar-refractivity contribution is -0.140. The van der Waals surface area contributed by atoms with E-state index in [1.54, 1.807) is 56.5 Å². The highest BCUT2D eigenvalue weighted by Gasteiger charge is 2.35. The number of anilines is 1. The van der Waals surface area contributed by atoms with Gasteiger partial charge in [-0.1, -0.05) is 85.3 Å². The Morgan fingerprint density at radius 3 is 2.20 bits per heavy atom. The van der Waals surface area contributed by atoms with E-state index < -0.39 is 28.5 Å². The number of sulfonamides is 1. The van der Waals surface area contributed by atoms with Crippen molar-refractivity contribution in [3.63, 3.8) is 0 Å². The van der Waals surface area contributed by atoms with Gasteiger partial charge in [0, 0.05) is 24.0 Å². The van der Waals surface area contributed by atoms with E-state index in [1.165, 1.54) is 23.1 Å². The van der Waals surface area contributed by atoms with Crippen LogP contribution in [0.2, 0.25) is 5.02 Å². The minimum Gasteiger partial charge on any atom is -0.497 e. The summed E-state index contributed by atoms with van der Waals surface area (Å²) in [5.74, 6) is -0.288. The van der Waals surface area contributed by atoms with Gasteiger partial charge < -0.3 is 15.0 Å². The molecule has 0 saturated carbocycles. The van der Waals surface area contributed by atoms with E-state index in [1.807, 2.05) is 56.3 Å². The first-order valence-electron chi connectivity index (χ1n) is 15.1. The van der Waals surface area contributed by atoms with E-state index in [4.69, 9.17) is 16.3 Å². The smallest absolute Gasteiger partial charge is 0.264 e. The van der Waals surface area contributed by atoms with Gasteiger partial charge in [-0.3, -0.25) is 13.9 Å². The van der Waals surface area contributed by atoms with E-state index in [-0.39, 0.29) is 35.5 Å². The lowest BCUT2D eigenvalue weighted by atomic mass is 10.0. The van der Waals surface area contributed by atoms with Gasteiger partial charge in [0.1, 0.15) is 18.3 Å². The third-order valence-electron chi connectivity index (χ3n) is 7.81. The van der Waals surface area contributed by atoms with E-state index in [2.05, 4.69) is 5.32 Å². The summed E-state index contributed by atoms with van der Waals surface area (Å²) in [5.41, 5.74) is 2.47. The number of halogens is 1. The Kier molecular flexibility index (Phi) is 11.8. The summed E-state index contributed by atoms with van der Waals surface area (Å²) in [6.45, 7) is 5.10. The molecule has 0 fully saturated rings. The van der Waals surface area contributed by atoms with Crippen LogP contribution in [0.5, 0.6) is 5.75 Å². The summed E-state index contributed by atoms with van der Waals surface area (Å²) >= 11 is 6.35. The monoisotopic (exact) mass is 661 g/mol. The fraction of sp³-hybridized carbons (Fsp3) is 0.278. The predicted octanol–water partition coefficient (Wildman–Crippen LogP) is 6.41. The van der Waals surface area contributed by atoms with E-state index in [9.17, 15) is 18.0 Å². The van der Waals surface area contributed by atoms with E-state index >= 15 is 0 Å². The van der Waals surface area contributed by atoms with Crippen molar-refractivity contribution in [1.29, 1.82) is 0 Å². The zero-order valence-corrected chi connectivity index (χ0v) is 28.1. The minimum atomic E-state index is -4.23. The zero-order valence-electron chi connectivity index (χ0n) is 26.5. The second kappa shape index (κ2) is 15.8. The molecule has 0 aliphatic rings. The summed E-state index contributed by atoms with van der Waals surface area (Å²) in [6, 6.07) is 28.5. The van der Waals surface area contributed by atoms with Crippen molar-refractivity contribution in [3.8, 4) is 5.75 Å². The van der Waals surface area contributed by atoms with Crippen LogP contribution in [0.4, 0.5) is 5.69 Å². The third kappa shape index (κ3) is 8.68. The number of aryl methyl sites for hydroxylation is 1. The van der Waals surface area contributed by atoms with Crippen molar-refractivity contribution in [3.05, 3.63) is 125 Å². The van der Waals surface area contributed by atoms with Gasteiger partial charge in [-0.15, -0.1) is 0 Å². The van der Waals surface area contributed by atoms with Gasteiger partial charge in [-0.2, -0.15) is 0 Å². The molecule has 0 radical (unpaired) electrons. The number of carbonyl (C=O) groups is 2. The van der Waals surface area contributed by atoms with Crippen molar-refractivity contribution in [2.24, 2.45) is 0 Å². The molecule has 242 valence electrons. The molecule has 10 heteroatoms. The molecule has 0 aliphatic heterocycles. The van der Waals surface area contributed by atoms with Gasteiger partial charge in [0.05, 0.1) is 17.7 Å². The maximum Gasteiger partial charge on any atom is 0.264 e. The number of ether oxygens (including phenoxy) is 1. The molecule has 0 bridgehead atoms. The van der Waals surface area contributed by atoms with Crippen LogP contribution in [-0.4, -0.2) is 50.9 Å². The maximum atomic E-state index is 14.6. The van der Waals surface area contributed by atoms with E-state index in [0.29, 0.717) is 22.8 Å². The molecule has 0 aliphatic carbocycles. The van der Waals surface area contributed by atoms with Crippen LogP contribution in [0.1, 0.15) is 37.0 Å². The lowest BCUT2D eigenvalue weighted by Crippen LogP contribution is -2.54. The van der Waals surface area contributed by atoms with Crippen molar-refractivity contribution in [2.75, 3.05) is 18.0 Å². The number of hydrogen-bond acceptors (Lipinski definition) is 5. The molecule has 4 aromatic rings. The number of carbonyl (C=O) groups excluding carboxylic acids is 2.